The molecule has 3 atom stereocenters. The van der Waals surface area contributed by atoms with Crippen LogP contribution in [-0.4, -0.2) is 47.7 Å². The number of hydrogen-bond acceptors (Lipinski definition) is 2. The molecule has 1 saturated heterocycles. The molecule has 3 heteroatoms. The Balaban J connectivity index is 1.85. The minimum atomic E-state index is -0.131. The maximum absolute atomic E-state index is 9.65. The lowest BCUT2D eigenvalue weighted by Crippen LogP contribution is -2.24. The largest absolute Gasteiger partial charge is 0.391 e. The highest BCUT2D eigenvalue weighted by molar-refractivity contribution is 5.89. The SMILES string of the molecule is CCC(C)C1=[N+](CC2CNCC2O)C1. The van der Waals surface area contributed by atoms with Crippen LogP contribution in [0.15, 0.2) is 0 Å². The van der Waals surface area contributed by atoms with Crippen molar-refractivity contribution in [3.8, 4) is 0 Å². The van der Waals surface area contributed by atoms with Crippen LogP contribution < -0.4 is 5.32 Å². The third-order valence-corrected chi connectivity index (χ3v) is 3.60. The first kappa shape index (κ1) is 10.1. The van der Waals surface area contributed by atoms with Crippen LogP contribution >= 0.6 is 0 Å². The Labute approximate surface area is 85.8 Å². The van der Waals surface area contributed by atoms with E-state index >= 15 is 0 Å². The van der Waals surface area contributed by atoms with Gasteiger partial charge >= 0.3 is 0 Å². The van der Waals surface area contributed by atoms with Gasteiger partial charge in [0.05, 0.1) is 12.0 Å². The Bertz CT molecular complexity index is 250. The molecule has 2 aliphatic heterocycles. The van der Waals surface area contributed by atoms with E-state index in [1.54, 1.807) is 5.71 Å². The summed E-state index contributed by atoms with van der Waals surface area (Å²) in [6, 6.07) is 0. The number of nitrogens with zero attached hydrogens (tertiary/aromatic N) is 1. The molecule has 0 aromatic carbocycles. The summed E-state index contributed by atoms with van der Waals surface area (Å²) in [5, 5.41) is 12.9. The van der Waals surface area contributed by atoms with E-state index in [0.717, 1.165) is 32.1 Å². The topological polar surface area (TPSA) is 35.3 Å². The lowest BCUT2D eigenvalue weighted by molar-refractivity contribution is -0.452. The molecule has 0 spiro atoms. The molecule has 1 fully saturated rings. The maximum Gasteiger partial charge on any atom is 0.222 e. The van der Waals surface area contributed by atoms with Gasteiger partial charge in [-0.25, -0.2) is 4.58 Å². The summed E-state index contributed by atoms with van der Waals surface area (Å²) in [6.07, 6.45) is 1.10. The molecule has 2 aliphatic rings. The zero-order chi connectivity index (χ0) is 10.1. The Hall–Kier alpha value is -0.410. The zero-order valence-electron chi connectivity index (χ0n) is 9.16. The van der Waals surface area contributed by atoms with Gasteiger partial charge in [0, 0.05) is 19.0 Å². The van der Waals surface area contributed by atoms with Crippen molar-refractivity contribution in [1.29, 1.82) is 0 Å². The first-order valence-electron chi connectivity index (χ1n) is 5.71. The molecule has 80 valence electrons. The van der Waals surface area contributed by atoms with Crippen molar-refractivity contribution in [2.75, 3.05) is 26.2 Å². The van der Waals surface area contributed by atoms with Gasteiger partial charge in [0.25, 0.3) is 0 Å². The lowest BCUT2D eigenvalue weighted by atomic mass is 10.1. The Morgan fingerprint density at radius 3 is 2.93 bits per heavy atom. The highest BCUT2D eigenvalue weighted by Gasteiger charge is 2.40. The summed E-state index contributed by atoms with van der Waals surface area (Å²) in [5.41, 5.74) is 1.59. The minimum absolute atomic E-state index is 0.131. The van der Waals surface area contributed by atoms with Crippen LogP contribution in [0.5, 0.6) is 0 Å². The van der Waals surface area contributed by atoms with Gasteiger partial charge in [0.15, 0.2) is 0 Å². The third kappa shape index (κ3) is 1.98. The van der Waals surface area contributed by atoms with Crippen LogP contribution in [0, 0.1) is 11.8 Å². The standard InChI is InChI=1S/C11H21N2O/c1-3-8(2)10-7-13(10)6-9-4-12-5-11(9)14/h8-9,11-12,14H,3-7H2,1-2H3/q+1. The van der Waals surface area contributed by atoms with E-state index in [2.05, 4.69) is 23.7 Å². The van der Waals surface area contributed by atoms with Crippen LogP contribution in [0.25, 0.3) is 0 Å². The van der Waals surface area contributed by atoms with E-state index in [1.807, 2.05) is 0 Å². The normalized spacial score (nSPS) is 33.6. The van der Waals surface area contributed by atoms with Crippen LogP contribution in [0.2, 0.25) is 0 Å². The van der Waals surface area contributed by atoms with Gasteiger partial charge in [-0.15, -0.1) is 0 Å². The number of β-amino-alcohol motifs (C(OH)–C–C–N with tert-alkyl or cyclic N) is 1. The maximum atomic E-state index is 9.65. The molecule has 0 aliphatic carbocycles. The van der Waals surface area contributed by atoms with Crippen molar-refractivity contribution >= 4 is 5.71 Å². The van der Waals surface area contributed by atoms with Gasteiger partial charge in [0.2, 0.25) is 12.3 Å². The van der Waals surface area contributed by atoms with Gasteiger partial charge in [-0.1, -0.05) is 13.8 Å². The summed E-state index contributed by atoms with van der Waals surface area (Å²) in [4.78, 5) is 0. The molecule has 0 amide bonds. The second kappa shape index (κ2) is 3.99. The molecule has 0 aromatic rings. The molecule has 0 saturated carbocycles. The molecule has 2 heterocycles. The molecule has 0 radical (unpaired) electrons. The van der Waals surface area contributed by atoms with Gasteiger partial charge in [-0.3, -0.25) is 0 Å². The summed E-state index contributed by atoms with van der Waals surface area (Å²) >= 11 is 0. The Morgan fingerprint density at radius 2 is 2.36 bits per heavy atom. The van der Waals surface area contributed by atoms with Crippen molar-refractivity contribution in [1.82, 2.24) is 5.32 Å². The van der Waals surface area contributed by atoms with Gasteiger partial charge in [0.1, 0.15) is 6.54 Å². The van der Waals surface area contributed by atoms with E-state index in [-0.39, 0.29) is 6.10 Å². The fourth-order valence-electron chi connectivity index (χ4n) is 2.23. The number of hydrogen-bond donors (Lipinski definition) is 2. The molecule has 0 aromatic heterocycles. The molecule has 2 N–H and O–H groups in total. The predicted molar refractivity (Wildman–Crippen MR) is 56.8 cm³/mol. The second-order valence-corrected chi connectivity index (χ2v) is 4.67. The van der Waals surface area contributed by atoms with Crippen LogP contribution in [-0.2, 0) is 0 Å². The molecule has 3 unspecified atom stereocenters. The zero-order valence-corrected chi connectivity index (χ0v) is 9.16. The Morgan fingerprint density at radius 1 is 1.57 bits per heavy atom. The van der Waals surface area contributed by atoms with Gasteiger partial charge in [-0.2, -0.15) is 0 Å². The first-order chi connectivity index (χ1) is 6.72. The number of rotatable bonds is 4. The third-order valence-electron chi connectivity index (χ3n) is 3.60. The molecular formula is C11H21N2O+. The number of aliphatic hydroxyl groups excluding tert-OH is 1. The van der Waals surface area contributed by atoms with Gasteiger partial charge in [-0.05, 0) is 6.42 Å². The number of aliphatic hydroxyl groups is 1. The van der Waals surface area contributed by atoms with Crippen molar-refractivity contribution in [3.63, 3.8) is 0 Å². The van der Waals surface area contributed by atoms with Crippen molar-refractivity contribution in [2.24, 2.45) is 11.8 Å². The van der Waals surface area contributed by atoms with E-state index in [1.165, 1.54) is 6.42 Å². The highest BCUT2D eigenvalue weighted by Crippen LogP contribution is 2.17. The first-order valence-corrected chi connectivity index (χ1v) is 5.71. The van der Waals surface area contributed by atoms with Crippen molar-refractivity contribution < 1.29 is 9.68 Å². The molecule has 3 nitrogen and oxygen atoms in total. The van der Waals surface area contributed by atoms with E-state index in [9.17, 15) is 5.11 Å². The van der Waals surface area contributed by atoms with Crippen LogP contribution in [0.4, 0.5) is 0 Å². The fourth-order valence-corrected chi connectivity index (χ4v) is 2.23. The molecule has 2 rings (SSSR count). The van der Waals surface area contributed by atoms with Gasteiger partial charge < -0.3 is 10.4 Å². The summed E-state index contributed by atoms with van der Waals surface area (Å²) in [6.45, 7) is 8.49. The molecule has 14 heavy (non-hydrogen) atoms. The minimum Gasteiger partial charge on any atom is -0.391 e. The van der Waals surface area contributed by atoms with E-state index in [4.69, 9.17) is 0 Å². The van der Waals surface area contributed by atoms with E-state index in [0.29, 0.717) is 5.92 Å². The lowest BCUT2D eigenvalue weighted by Gasteiger charge is -2.06. The van der Waals surface area contributed by atoms with Crippen LogP contribution in [0.3, 0.4) is 0 Å². The summed E-state index contributed by atoms with van der Waals surface area (Å²) in [5.74, 6) is 1.18. The smallest absolute Gasteiger partial charge is 0.222 e. The molecular weight excluding hydrogens is 176 g/mol. The fraction of sp³-hybridized carbons (Fsp3) is 0.909. The average Bonchev–Trinajstić information content (AvgIpc) is 2.83. The average molecular weight is 197 g/mol. The van der Waals surface area contributed by atoms with Crippen LogP contribution in [0.1, 0.15) is 20.3 Å². The summed E-state index contributed by atoms with van der Waals surface area (Å²) < 4.78 is 2.43. The van der Waals surface area contributed by atoms with Crippen molar-refractivity contribution in [2.45, 2.75) is 26.4 Å². The Kier molecular flexibility index (Phi) is 2.88. The summed E-state index contributed by atoms with van der Waals surface area (Å²) in [7, 11) is 0. The number of nitrogens with one attached hydrogen (secondary N) is 1. The van der Waals surface area contributed by atoms with Crippen molar-refractivity contribution in [3.05, 3.63) is 0 Å². The highest BCUT2D eigenvalue weighted by atomic mass is 16.3. The van der Waals surface area contributed by atoms with E-state index < -0.39 is 0 Å². The molecule has 0 bridgehead atoms. The monoisotopic (exact) mass is 197 g/mol. The second-order valence-electron chi connectivity index (χ2n) is 4.67. The quantitative estimate of drug-likeness (QED) is 0.626. The predicted octanol–water partition coefficient (Wildman–Crippen LogP) is 0.0799.